The molecular weight excluding hydrogens is 1350 g/mol. The summed E-state index contributed by atoms with van der Waals surface area (Å²) >= 11 is 0. The second kappa shape index (κ2) is 25.2. The minimum absolute atomic E-state index is 0.0266. The van der Waals surface area contributed by atoms with E-state index in [0.717, 1.165) is 45.3 Å². The molecule has 0 saturated heterocycles. The zero-order chi connectivity index (χ0) is 78.6. The van der Waals surface area contributed by atoms with E-state index >= 15 is 0 Å². The number of rotatable bonds is 7. The van der Waals surface area contributed by atoms with Crippen molar-refractivity contribution < 1.29 is 0 Å². The van der Waals surface area contributed by atoms with Crippen molar-refractivity contribution in [1.29, 1.82) is 0 Å². The van der Waals surface area contributed by atoms with Crippen LogP contribution in [0.25, 0.3) is 105 Å². The van der Waals surface area contributed by atoms with Gasteiger partial charge in [-0.25, -0.2) is 0 Å². The normalized spacial score (nSPS) is 13.7. The zero-order valence-corrected chi connectivity index (χ0v) is 69.6. The molecule has 0 radical (unpaired) electrons. The third-order valence-electron chi connectivity index (χ3n) is 24.7. The van der Waals surface area contributed by atoms with Gasteiger partial charge < -0.3 is 23.5 Å². The molecule has 558 valence electrons. The van der Waals surface area contributed by atoms with Crippen LogP contribution in [-0.4, -0.2) is 20.4 Å². The molecule has 0 spiro atoms. The van der Waals surface area contributed by atoms with E-state index in [4.69, 9.17) is 0 Å². The molecule has 3 aromatic heterocycles. The molecule has 0 aliphatic carbocycles. The molecule has 112 heavy (non-hydrogen) atoms. The van der Waals surface area contributed by atoms with Crippen molar-refractivity contribution >= 4 is 123 Å². The number of fused-ring (bicyclic) bond motifs is 13. The summed E-state index contributed by atoms with van der Waals surface area (Å²) in [5.41, 5.74) is 34.4. The first-order chi connectivity index (χ1) is 53.0. The van der Waals surface area contributed by atoms with Gasteiger partial charge in [-0.15, -0.1) is 0 Å². The predicted molar refractivity (Wildman–Crippen MR) is 485 cm³/mol. The summed E-state index contributed by atoms with van der Waals surface area (Å²) in [6, 6.07) is 102. The highest BCUT2D eigenvalue weighted by Crippen LogP contribution is 2.53. The van der Waals surface area contributed by atoms with Crippen LogP contribution in [-0.2, 0) is 37.9 Å². The van der Waals surface area contributed by atoms with E-state index in [1.54, 1.807) is 0 Å². The summed E-state index contributed by atoms with van der Waals surface area (Å²) in [6.45, 7) is 49.1. The third-order valence-corrected chi connectivity index (χ3v) is 24.7. The van der Waals surface area contributed by atoms with E-state index < -0.39 is 0 Å². The summed E-state index contributed by atoms with van der Waals surface area (Å²) in [7, 11) is 0. The van der Waals surface area contributed by atoms with E-state index in [2.05, 4.69) is 430 Å². The van der Waals surface area contributed by atoms with Gasteiger partial charge in [0.25, 0.3) is 6.71 Å². The second-order valence-electron chi connectivity index (χ2n) is 39.6. The van der Waals surface area contributed by atoms with E-state index in [-0.39, 0.29) is 44.6 Å². The number of benzene rings is 13. The second-order valence-corrected chi connectivity index (χ2v) is 39.6. The van der Waals surface area contributed by atoms with Gasteiger partial charge in [-0.05, 0) is 226 Å². The van der Waals surface area contributed by atoms with Gasteiger partial charge in [-0.3, -0.25) is 0 Å². The molecular formula is C106H106BN5. The smallest absolute Gasteiger partial charge is 0.252 e. The molecule has 0 atom stereocenters. The largest absolute Gasteiger partial charge is 0.311 e. The van der Waals surface area contributed by atoms with Crippen LogP contribution in [0.5, 0.6) is 0 Å². The summed E-state index contributed by atoms with van der Waals surface area (Å²) < 4.78 is 7.59. The maximum atomic E-state index is 2.71. The van der Waals surface area contributed by atoms with E-state index in [9.17, 15) is 0 Å². The van der Waals surface area contributed by atoms with E-state index in [0.29, 0.717) is 0 Å². The minimum Gasteiger partial charge on any atom is -0.311 e. The molecule has 5 heterocycles. The van der Waals surface area contributed by atoms with Gasteiger partial charge in [0, 0.05) is 83.3 Å². The summed E-state index contributed by atoms with van der Waals surface area (Å²) in [6.07, 6.45) is 0. The summed E-state index contributed by atoms with van der Waals surface area (Å²) in [5, 5.41) is 7.43. The Labute approximate surface area is 664 Å². The van der Waals surface area contributed by atoms with Crippen LogP contribution in [0.1, 0.15) is 184 Å². The Morgan fingerprint density at radius 2 is 0.527 bits per heavy atom. The molecule has 0 N–H and O–H groups in total. The van der Waals surface area contributed by atoms with E-state index in [1.807, 2.05) is 0 Å². The monoisotopic (exact) mass is 1460 g/mol. The standard InChI is InChI=1S/C106H106BN5/c1-100(2,3)67-39-35-65(36-40-67)79-55-69(102(7,8)9)43-51-89(79)111-95-61-75(109-91-53-45-71(104(13,14)15)57-81(91)82-58-72(105(16,17)18)46-54-92(82)109)47-49-85(95)107-86-50-48-76(110-88-34-28-26-32-78(88)84-63-93-83(64-94(84)110)77-31-25-27-33-87(77)108(93)74-29-23-22-24-30-74)62-96(86)112(98-60-73(106(19,20)21)59-97(111)99(98)107)90-52-44-70(103(10,11)12)56-80(90)66-37-41-68(42-38-66)101(4,5)6/h22-64H,1-21H3. The van der Waals surface area contributed by atoms with Crippen molar-refractivity contribution in [3.8, 4) is 39.3 Å². The molecule has 0 fully saturated rings. The summed E-state index contributed by atoms with van der Waals surface area (Å²) in [5.74, 6) is 0. The number of aromatic nitrogens is 3. The van der Waals surface area contributed by atoms with Crippen molar-refractivity contribution in [2.75, 3.05) is 9.80 Å². The van der Waals surface area contributed by atoms with Gasteiger partial charge in [-0.2, -0.15) is 0 Å². The lowest BCUT2D eigenvalue weighted by Gasteiger charge is -2.46. The molecule has 0 bridgehead atoms. The Kier molecular flexibility index (Phi) is 16.3. The Morgan fingerprint density at radius 3 is 0.920 bits per heavy atom. The lowest BCUT2D eigenvalue weighted by Crippen LogP contribution is -2.61. The Balaban J connectivity index is 0.975. The average molecular weight is 1460 g/mol. The third kappa shape index (κ3) is 11.9. The Hall–Kier alpha value is -11.1. The van der Waals surface area contributed by atoms with Crippen LogP contribution < -0.4 is 26.2 Å². The van der Waals surface area contributed by atoms with Gasteiger partial charge in [0.1, 0.15) is 0 Å². The highest BCUT2D eigenvalue weighted by molar-refractivity contribution is 7.00. The topological polar surface area (TPSA) is 21.3 Å². The molecule has 5 nitrogen and oxygen atoms in total. The maximum Gasteiger partial charge on any atom is 0.252 e. The van der Waals surface area contributed by atoms with Crippen molar-refractivity contribution in [1.82, 2.24) is 13.7 Å². The fraction of sp³-hybridized carbons (Fsp3) is 0.264. The zero-order valence-electron chi connectivity index (χ0n) is 69.6. The highest BCUT2D eigenvalue weighted by atomic mass is 15.2. The maximum absolute atomic E-state index is 2.71. The highest BCUT2D eigenvalue weighted by Gasteiger charge is 2.46. The minimum atomic E-state index is -0.301. The van der Waals surface area contributed by atoms with Crippen LogP contribution in [0.3, 0.4) is 0 Å². The predicted octanol–water partition coefficient (Wildman–Crippen LogP) is 27.5. The molecule has 0 unspecified atom stereocenters. The fourth-order valence-corrected chi connectivity index (χ4v) is 18.2. The number of hydrogen-bond acceptors (Lipinski definition) is 2. The number of nitrogens with zero attached hydrogens (tertiary/aromatic N) is 5. The Bertz CT molecular complexity index is 6450. The van der Waals surface area contributed by atoms with Gasteiger partial charge in [-0.1, -0.05) is 285 Å². The van der Waals surface area contributed by atoms with Crippen LogP contribution >= 0.6 is 0 Å². The molecule has 0 amide bonds. The molecule has 13 aromatic carbocycles. The van der Waals surface area contributed by atoms with Crippen molar-refractivity contribution in [3.63, 3.8) is 0 Å². The fourth-order valence-electron chi connectivity index (χ4n) is 18.2. The average Bonchev–Trinajstić information content (AvgIpc) is 0.731. The van der Waals surface area contributed by atoms with Crippen LogP contribution in [0, 0.1) is 0 Å². The molecule has 16 aromatic rings. The van der Waals surface area contributed by atoms with Crippen molar-refractivity contribution in [2.24, 2.45) is 0 Å². The van der Waals surface area contributed by atoms with Crippen LogP contribution in [0.4, 0.5) is 34.1 Å². The van der Waals surface area contributed by atoms with Gasteiger partial charge in [0.15, 0.2) is 0 Å². The number of para-hydroxylation sites is 3. The van der Waals surface area contributed by atoms with Crippen LogP contribution in [0.15, 0.2) is 261 Å². The first-order valence-electron chi connectivity index (χ1n) is 40.7. The van der Waals surface area contributed by atoms with Gasteiger partial charge in [0.2, 0.25) is 0 Å². The quantitative estimate of drug-likeness (QED) is 0.148. The lowest BCUT2D eigenvalue weighted by molar-refractivity contribution is 0.589. The SMILES string of the molecule is CC(C)(C)c1ccc(-c2cc(C(C)(C)C)ccc2N2c3cc(-n4c5ccc(C(C)(C)C)cc5c5cc(C(C)(C)C)ccc54)ccc3B3c4ccc(-n5c6ccccc6c6cc7c(cc65)c5ccccc5n7-c5ccccc5)cc4N(c4ccc(C(C)(C)C)cc4-c4ccc(C(C)(C)C)cc4)c4cc(C(C)(C)C)cc2c43)cc1. The first-order valence-corrected chi connectivity index (χ1v) is 40.7. The number of hydrogen-bond donors (Lipinski definition) is 0. The Morgan fingerprint density at radius 1 is 0.205 bits per heavy atom. The molecule has 2 aliphatic rings. The molecule has 6 heteroatoms. The van der Waals surface area contributed by atoms with Crippen LogP contribution in [0.2, 0.25) is 0 Å². The number of anilines is 6. The van der Waals surface area contributed by atoms with Gasteiger partial charge >= 0.3 is 0 Å². The summed E-state index contributed by atoms with van der Waals surface area (Å²) in [4.78, 5) is 5.43. The van der Waals surface area contributed by atoms with Gasteiger partial charge in [0.05, 0.1) is 44.5 Å². The lowest BCUT2D eigenvalue weighted by atomic mass is 9.33. The molecule has 0 saturated carbocycles. The molecule has 2 aliphatic heterocycles. The van der Waals surface area contributed by atoms with Crippen molar-refractivity contribution in [3.05, 3.63) is 300 Å². The van der Waals surface area contributed by atoms with E-state index in [1.165, 1.54) is 149 Å². The van der Waals surface area contributed by atoms with Crippen molar-refractivity contribution in [2.45, 2.75) is 183 Å². The molecule has 18 rings (SSSR count). The first kappa shape index (κ1) is 72.5.